The van der Waals surface area contributed by atoms with Crippen LogP contribution in [0.5, 0.6) is 5.75 Å². The Bertz CT molecular complexity index is 1150. The monoisotopic (exact) mass is 446 g/mol. The van der Waals surface area contributed by atoms with Crippen LogP contribution < -0.4 is 15.4 Å². The summed E-state index contributed by atoms with van der Waals surface area (Å²) >= 11 is 1.50. The van der Waals surface area contributed by atoms with Gasteiger partial charge in [0.05, 0.1) is 6.04 Å². The third kappa shape index (κ3) is 5.08. The van der Waals surface area contributed by atoms with Crippen LogP contribution in [0.2, 0.25) is 0 Å². The molecule has 0 saturated carbocycles. The maximum absolute atomic E-state index is 13.3. The van der Waals surface area contributed by atoms with Gasteiger partial charge in [0.1, 0.15) is 17.0 Å². The number of hydrogen-bond acceptors (Lipinski definition) is 4. The number of fused-ring (bicyclic) bond motifs is 1. The van der Waals surface area contributed by atoms with Gasteiger partial charge in [-0.15, -0.1) is 11.3 Å². The van der Waals surface area contributed by atoms with Gasteiger partial charge in [-0.1, -0.05) is 42.0 Å². The first-order valence-corrected chi connectivity index (χ1v) is 11.4. The summed E-state index contributed by atoms with van der Waals surface area (Å²) in [7, 11) is 0. The lowest BCUT2D eigenvalue weighted by molar-refractivity contribution is -0.119. The summed E-state index contributed by atoms with van der Waals surface area (Å²) in [6.45, 7) is 5.97. The number of rotatable bonds is 5. The quantitative estimate of drug-likeness (QED) is 0.526. The lowest BCUT2D eigenvalue weighted by Gasteiger charge is -2.38. The van der Waals surface area contributed by atoms with E-state index in [1.54, 1.807) is 18.2 Å². The minimum atomic E-state index is -0.422. The number of para-hydroxylation sites is 1. The summed E-state index contributed by atoms with van der Waals surface area (Å²) in [5, 5.41) is 7.85. The highest BCUT2D eigenvalue weighted by Crippen LogP contribution is 2.39. The topological polar surface area (TPSA) is 67.4 Å². The van der Waals surface area contributed by atoms with E-state index in [1.165, 1.54) is 11.3 Å². The fourth-order valence-electron chi connectivity index (χ4n) is 3.74. The van der Waals surface area contributed by atoms with Crippen molar-refractivity contribution in [2.24, 2.45) is 0 Å². The molecule has 1 aliphatic rings. The summed E-state index contributed by atoms with van der Waals surface area (Å²) in [5.41, 5.74) is 2.28. The van der Waals surface area contributed by atoms with Gasteiger partial charge in [-0.05, 0) is 56.5 Å². The first kappa shape index (κ1) is 21.8. The van der Waals surface area contributed by atoms with Crippen LogP contribution in [0.1, 0.15) is 52.7 Å². The number of carbonyl (C=O) groups is 2. The van der Waals surface area contributed by atoms with Crippen LogP contribution in [0.4, 0.5) is 0 Å². The molecule has 0 unspecified atom stereocenters. The second-order valence-electron chi connectivity index (χ2n) is 8.52. The zero-order valence-corrected chi connectivity index (χ0v) is 19.2. The summed E-state index contributed by atoms with van der Waals surface area (Å²) < 4.78 is 6.07. The van der Waals surface area contributed by atoms with E-state index in [9.17, 15) is 9.59 Å². The van der Waals surface area contributed by atoms with Gasteiger partial charge >= 0.3 is 0 Å². The van der Waals surface area contributed by atoms with Crippen LogP contribution in [0.3, 0.4) is 0 Å². The van der Waals surface area contributed by atoms with Gasteiger partial charge in [-0.2, -0.15) is 0 Å². The Hall–Kier alpha value is -3.38. The first-order chi connectivity index (χ1) is 15.3. The van der Waals surface area contributed by atoms with Crippen molar-refractivity contribution in [2.75, 3.05) is 0 Å². The number of amides is 2. The lowest BCUT2D eigenvalue weighted by Crippen LogP contribution is -2.43. The minimum Gasteiger partial charge on any atom is -0.487 e. The van der Waals surface area contributed by atoms with Crippen LogP contribution in [-0.4, -0.2) is 17.4 Å². The molecule has 5 nitrogen and oxygen atoms in total. The average Bonchev–Trinajstić information content (AvgIpc) is 3.26. The number of aryl methyl sites for hydroxylation is 1. The van der Waals surface area contributed by atoms with E-state index in [0.717, 1.165) is 21.8 Å². The number of carbonyl (C=O) groups excluding carboxylic acids is 2. The van der Waals surface area contributed by atoms with E-state index >= 15 is 0 Å². The largest absolute Gasteiger partial charge is 0.487 e. The molecule has 1 aromatic heterocycles. The lowest BCUT2D eigenvalue weighted by atomic mass is 9.89. The molecule has 0 bridgehead atoms. The molecule has 6 heteroatoms. The van der Waals surface area contributed by atoms with Crippen molar-refractivity contribution >= 4 is 29.2 Å². The van der Waals surface area contributed by atoms with Gasteiger partial charge in [0.2, 0.25) is 0 Å². The van der Waals surface area contributed by atoms with Gasteiger partial charge < -0.3 is 15.4 Å². The Kier molecular flexibility index (Phi) is 6.15. The molecule has 0 aliphatic carbocycles. The van der Waals surface area contributed by atoms with E-state index < -0.39 is 5.60 Å². The summed E-state index contributed by atoms with van der Waals surface area (Å²) in [5.74, 6) is 0.105. The molecule has 32 heavy (non-hydrogen) atoms. The van der Waals surface area contributed by atoms with Gasteiger partial charge in [0.15, 0.2) is 0 Å². The highest BCUT2D eigenvalue weighted by atomic mass is 32.1. The standard InChI is InChI=1S/C26H26N2O3S/c1-17-10-12-18(13-11-17)24(29)27-21(15-19-7-6-14-32-19)25(30)28-22-16-26(2,3)31-23-9-5-4-8-20(22)23/h4-15,22H,16H2,1-3H3,(H,27,29)(H,28,30)/b21-15-/t22-/m0/s1. The number of thiophene rings is 1. The van der Waals surface area contributed by atoms with Crippen molar-refractivity contribution in [1.82, 2.24) is 10.6 Å². The van der Waals surface area contributed by atoms with Gasteiger partial charge in [0.25, 0.3) is 11.8 Å². The van der Waals surface area contributed by atoms with Crippen molar-refractivity contribution in [1.29, 1.82) is 0 Å². The molecule has 0 spiro atoms. The highest BCUT2D eigenvalue weighted by Gasteiger charge is 2.34. The fraction of sp³-hybridized carbons (Fsp3) is 0.231. The first-order valence-electron chi connectivity index (χ1n) is 10.5. The molecule has 1 aliphatic heterocycles. The van der Waals surface area contributed by atoms with Crippen LogP contribution in [0, 0.1) is 6.92 Å². The average molecular weight is 447 g/mol. The number of ether oxygens (including phenoxy) is 1. The van der Waals surface area contributed by atoms with Crippen LogP contribution in [0.25, 0.3) is 6.08 Å². The van der Waals surface area contributed by atoms with Gasteiger partial charge in [-0.25, -0.2) is 0 Å². The maximum atomic E-state index is 13.3. The fourth-order valence-corrected chi connectivity index (χ4v) is 4.40. The van der Waals surface area contributed by atoms with E-state index in [1.807, 2.05) is 74.7 Å². The SMILES string of the molecule is Cc1ccc(C(=O)N/C(=C\c2cccs2)C(=O)N[C@H]2CC(C)(C)Oc3ccccc32)cc1. The molecule has 0 fully saturated rings. The Morgan fingerprint density at radius 3 is 2.53 bits per heavy atom. The molecule has 2 amide bonds. The Morgan fingerprint density at radius 1 is 1.06 bits per heavy atom. The van der Waals surface area contributed by atoms with E-state index in [4.69, 9.17) is 4.74 Å². The number of benzene rings is 2. The van der Waals surface area contributed by atoms with Crippen molar-refractivity contribution in [3.8, 4) is 5.75 Å². The summed E-state index contributed by atoms with van der Waals surface area (Å²) in [6, 6.07) is 18.6. The molecule has 4 rings (SSSR count). The number of hydrogen-bond donors (Lipinski definition) is 2. The highest BCUT2D eigenvalue weighted by molar-refractivity contribution is 7.10. The second kappa shape index (κ2) is 9.01. The van der Waals surface area contributed by atoms with Crippen LogP contribution >= 0.6 is 11.3 Å². The Labute approximate surface area is 192 Å². The Balaban J connectivity index is 1.60. The van der Waals surface area contributed by atoms with Gasteiger partial charge in [-0.3, -0.25) is 9.59 Å². The van der Waals surface area contributed by atoms with Crippen LogP contribution in [0.15, 0.2) is 71.7 Å². The predicted octanol–water partition coefficient (Wildman–Crippen LogP) is 5.25. The van der Waals surface area contributed by atoms with Gasteiger partial charge in [0, 0.05) is 22.4 Å². The zero-order valence-electron chi connectivity index (χ0n) is 18.3. The molecule has 2 aromatic carbocycles. The van der Waals surface area contributed by atoms with E-state index in [2.05, 4.69) is 10.6 Å². The molecule has 2 N–H and O–H groups in total. The van der Waals surface area contributed by atoms with E-state index in [0.29, 0.717) is 12.0 Å². The third-order valence-corrected chi connectivity index (χ3v) is 6.14. The predicted molar refractivity (Wildman–Crippen MR) is 128 cm³/mol. The Morgan fingerprint density at radius 2 is 1.81 bits per heavy atom. The van der Waals surface area contributed by atoms with E-state index in [-0.39, 0.29) is 23.6 Å². The third-order valence-electron chi connectivity index (χ3n) is 5.32. The molecular formula is C26H26N2O3S. The minimum absolute atomic E-state index is 0.208. The second-order valence-corrected chi connectivity index (χ2v) is 9.50. The molecule has 164 valence electrons. The van der Waals surface area contributed by atoms with Crippen molar-refractivity contribution in [3.05, 3.63) is 93.3 Å². The molecule has 0 saturated heterocycles. The molecule has 0 radical (unpaired) electrons. The summed E-state index contributed by atoms with van der Waals surface area (Å²) in [4.78, 5) is 27.1. The molecule has 1 atom stereocenters. The molecular weight excluding hydrogens is 420 g/mol. The van der Waals surface area contributed by atoms with Crippen molar-refractivity contribution < 1.29 is 14.3 Å². The maximum Gasteiger partial charge on any atom is 0.268 e. The smallest absolute Gasteiger partial charge is 0.268 e. The van der Waals surface area contributed by atoms with Crippen molar-refractivity contribution in [2.45, 2.75) is 38.8 Å². The zero-order chi connectivity index (χ0) is 22.7. The molecule has 2 heterocycles. The molecule has 3 aromatic rings. The van der Waals surface area contributed by atoms with Crippen molar-refractivity contribution in [3.63, 3.8) is 0 Å². The summed E-state index contributed by atoms with van der Waals surface area (Å²) in [6.07, 6.45) is 2.33. The normalized spacial score (nSPS) is 17.1. The number of nitrogens with one attached hydrogen (secondary N) is 2. The van der Waals surface area contributed by atoms with Crippen LogP contribution in [-0.2, 0) is 4.79 Å².